The van der Waals surface area contributed by atoms with Gasteiger partial charge >= 0.3 is 6.18 Å². The van der Waals surface area contributed by atoms with E-state index in [1.807, 2.05) is 0 Å². The third-order valence-corrected chi connectivity index (χ3v) is 2.51. The molecule has 0 radical (unpaired) electrons. The Labute approximate surface area is 105 Å². The maximum Gasteiger partial charge on any atom is 0.416 e. The quantitative estimate of drug-likeness (QED) is 0.791. The van der Waals surface area contributed by atoms with Crippen molar-refractivity contribution in [3.63, 3.8) is 0 Å². The first-order chi connectivity index (χ1) is 8.75. The Morgan fingerprint density at radius 2 is 1.74 bits per heavy atom. The zero-order chi connectivity index (χ0) is 14.2. The van der Waals surface area contributed by atoms with E-state index in [1.165, 1.54) is 6.07 Å². The van der Waals surface area contributed by atoms with Crippen LogP contribution in [0.5, 0.6) is 0 Å². The van der Waals surface area contributed by atoms with Crippen molar-refractivity contribution in [3.05, 3.63) is 57.6 Å². The number of hydrogen-bond donors (Lipinski definition) is 1. The minimum absolute atomic E-state index is 0.0203. The second kappa shape index (κ2) is 4.53. The van der Waals surface area contributed by atoms with E-state index >= 15 is 0 Å². The molecule has 0 saturated heterocycles. The molecule has 0 aliphatic carbocycles. The van der Waals surface area contributed by atoms with Gasteiger partial charge in [0.25, 0.3) is 0 Å². The molecule has 1 aromatic carbocycles. The van der Waals surface area contributed by atoms with Crippen molar-refractivity contribution >= 4 is 0 Å². The van der Waals surface area contributed by atoms with Crippen molar-refractivity contribution in [2.45, 2.75) is 13.1 Å². The lowest BCUT2D eigenvalue weighted by Gasteiger charge is -2.10. The number of H-pyrrole nitrogens is 1. The Balaban J connectivity index is 2.62. The zero-order valence-corrected chi connectivity index (χ0v) is 9.81. The van der Waals surface area contributed by atoms with Crippen molar-refractivity contribution in [2.24, 2.45) is 0 Å². The first-order valence-electron chi connectivity index (χ1n) is 5.35. The average Bonchev–Trinajstić information content (AvgIpc) is 2.25. The number of pyridine rings is 1. The first kappa shape index (κ1) is 13.3. The number of benzene rings is 1. The molecule has 2 rings (SSSR count). The molecule has 0 fully saturated rings. The summed E-state index contributed by atoms with van der Waals surface area (Å²) in [6.07, 6.45) is -4.64. The van der Waals surface area contributed by atoms with Gasteiger partial charge in [0.15, 0.2) is 5.43 Å². The van der Waals surface area contributed by atoms with Crippen LogP contribution in [0.3, 0.4) is 0 Å². The monoisotopic (exact) mass is 271 g/mol. The molecule has 0 aliphatic heterocycles. The van der Waals surface area contributed by atoms with Gasteiger partial charge in [0.2, 0.25) is 0 Å². The smallest absolute Gasteiger partial charge is 0.358 e. The number of alkyl halides is 3. The van der Waals surface area contributed by atoms with Gasteiger partial charge in [-0.05, 0) is 25.1 Å². The Morgan fingerprint density at radius 1 is 1.05 bits per heavy atom. The maximum atomic E-state index is 13.3. The summed E-state index contributed by atoms with van der Waals surface area (Å²) >= 11 is 0. The highest BCUT2D eigenvalue weighted by atomic mass is 19.4. The molecule has 2 aromatic rings. The van der Waals surface area contributed by atoms with E-state index in [0.717, 1.165) is 18.2 Å². The van der Waals surface area contributed by atoms with E-state index in [0.29, 0.717) is 11.8 Å². The topological polar surface area (TPSA) is 32.9 Å². The van der Waals surface area contributed by atoms with Crippen LogP contribution in [0.25, 0.3) is 11.3 Å². The Morgan fingerprint density at radius 3 is 2.32 bits per heavy atom. The number of rotatable bonds is 1. The minimum atomic E-state index is -4.64. The van der Waals surface area contributed by atoms with Gasteiger partial charge in [-0.15, -0.1) is 0 Å². The molecule has 0 aliphatic rings. The van der Waals surface area contributed by atoms with Crippen LogP contribution in [0.15, 0.2) is 35.1 Å². The molecular weight excluding hydrogens is 262 g/mol. The lowest BCUT2D eigenvalue weighted by atomic mass is 10.1. The first-order valence-corrected chi connectivity index (χ1v) is 5.35. The highest BCUT2D eigenvalue weighted by Gasteiger charge is 2.31. The predicted octanol–water partition coefficient (Wildman–Crippen LogP) is 3.51. The average molecular weight is 271 g/mol. The van der Waals surface area contributed by atoms with Crippen molar-refractivity contribution in [3.8, 4) is 11.3 Å². The standard InChI is InChI=1S/C13H9F4NO/c1-7-2-11(19)6-12(18-7)8-3-9(13(15,16)17)5-10(14)4-8/h2-6H,1H3,(H,18,19). The third-order valence-electron chi connectivity index (χ3n) is 2.51. The summed E-state index contributed by atoms with van der Waals surface area (Å²) in [6, 6.07) is 4.58. The van der Waals surface area contributed by atoms with Gasteiger partial charge in [-0.25, -0.2) is 4.39 Å². The summed E-state index contributed by atoms with van der Waals surface area (Å²) in [5.74, 6) is -1.01. The van der Waals surface area contributed by atoms with Gasteiger partial charge in [0.05, 0.1) is 5.56 Å². The molecule has 0 spiro atoms. The van der Waals surface area contributed by atoms with Crippen molar-refractivity contribution < 1.29 is 17.6 Å². The normalized spacial score (nSPS) is 11.6. The molecular formula is C13H9F4NO. The summed E-state index contributed by atoms with van der Waals surface area (Å²) in [4.78, 5) is 14.1. The summed E-state index contributed by atoms with van der Waals surface area (Å²) in [5, 5.41) is 0. The van der Waals surface area contributed by atoms with E-state index in [2.05, 4.69) is 4.98 Å². The van der Waals surface area contributed by atoms with Gasteiger partial charge in [-0.3, -0.25) is 4.79 Å². The van der Waals surface area contributed by atoms with E-state index in [4.69, 9.17) is 0 Å². The fraction of sp³-hybridized carbons (Fsp3) is 0.154. The van der Waals surface area contributed by atoms with Crippen molar-refractivity contribution in [1.82, 2.24) is 4.98 Å². The van der Waals surface area contributed by atoms with Gasteiger partial charge in [-0.1, -0.05) is 0 Å². The van der Waals surface area contributed by atoms with E-state index in [1.54, 1.807) is 6.92 Å². The van der Waals surface area contributed by atoms with E-state index in [-0.39, 0.29) is 16.7 Å². The van der Waals surface area contributed by atoms with Gasteiger partial charge in [0, 0.05) is 29.1 Å². The molecule has 0 amide bonds. The lowest BCUT2D eigenvalue weighted by molar-refractivity contribution is -0.137. The summed E-state index contributed by atoms with van der Waals surface area (Å²) in [7, 11) is 0. The van der Waals surface area contributed by atoms with E-state index in [9.17, 15) is 22.4 Å². The van der Waals surface area contributed by atoms with Crippen molar-refractivity contribution in [2.75, 3.05) is 0 Å². The van der Waals surface area contributed by atoms with Crippen LogP contribution in [0.2, 0.25) is 0 Å². The SMILES string of the molecule is Cc1cc(=O)cc(-c2cc(F)cc(C(F)(F)F)c2)[nH]1. The minimum Gasteiger partial charge on any atom is -0.358 e. The zero-order valence-electron chi connectivity index (χ0n) is 9.81. The highest BCUT2D eigenvalue weighted by Crippen LogP contribution is 2.32. The summed E-state index contributed by atoms with van der Waals surface area (Å²) in [5.41, 5.74) is -0.836. The summed E-state index contributed by atoms with van der Waals surface area (Å²) in [6.45, 7) is 1.59. The number of aryl methyl sites for hydroxylation is 1. The van der Waals surface area contributed by atoms with Gasteiger partial charge in [0.1, 0.15) is 5.82 Å². The maximum absolute atomic E-state index is 13.3. The molecule has 0 saturated carbocycles. The number of aromatic amines is 1. The molecule has 19 heavy (non-hydrogen) atoms. The van der Waals surface area contributed by atoms with Crippen LogP contribution in [0, 0.1) is 12.7 Å². The second-order valence-corrected chi connectivity index (χ2v) is 4.14. The molecule has 0 unspecified atom stereocenters. The number of aromatic nitrogens is 1. The van der Waals surface area contributed by atoms with Gasteiger partial charge < -0.3 is 4.98 Å². The number of nitrogens with one attached hydrogen (secondary N) is 1. The fourth-order valence-corrected chi connectivity index (χ4v) is 1.75. The fourth-order valence-electron chi connectivity index (χ4n) is 1.75. The van der Waals surface area contributed by atoms with E-state index < -0.39 is 17.6 Å². The molecule has 100 valence electrons. The number of hydrogen-bond acceptors (Lipinski definition) is 1. The van der Waals surface area contributed by atoms with Crippen LogP contribution in [0.4, 0.5) is 17.6 Å². The van der Waals surface area contributed by atoms with Crippen LogP contribution < -0.4 is 5.43 Å². The Hall–Kier alpha value is -2.11. The third kappa shape index (κ3) is 3.01. The second-order valence-electron chi connectivity index (χ2n) is 4.14. The van der Waals surface area contributed by atoms with Crippen molar-refractivity contribution in [1.29, 1.82) is 0 Å². The molecule has 2 nitrogen and oxygen atoms in total. The van der Waals surface area contributed by atoms with Crippen LogP contribution in [0.1, 0.15) is 11.3 Å². The molecule has 1 heterocycles. The molecule has 6 heteroatoms. The lowest BCUT2D eigenvalue weighted by Crippen LogP contribution is -2.07. The Bertz CT molecular complexity index is 673. The highest BCUT2D eigenvalue weighted by molar-refractivity contribution is 5.60. The summed E-state index contributed by atoms with van der Waals surface area (Å²) < 4.78 is 51.0. The number of halogens is 4. The Kier molecular flexibility index (Phi) is 3.18. The molecule has 0 bridgehead atoms. The molecule has 1 N–H and O–H groups in total. The predicted molar refractivity (Wildman–Crippen MR) is 62.2 cm³/mol. The van der Waals surface area contributed by atoms with Gasteiger partial charge in [-0.2, -0.15) is 13.2 Å². The van der Waals surface area contributed by atoms with Crippen LogP contribution >= 0.6 is 0 Å². The van der Waals surface area contributed by atoms with Crippen LogP contribution in [-0.2, 0) is 6.18 Å². The largest absolute Gasteiger partial charge is 0.416 e. The van der Waals surface area contributed by atoms with Crippen LogP contribution in [-0.4, -0.2) is 4.98 Å². The molecule has 1 aromatic heterocycles. The molecule has 0 atom stereocenters.